The summed E-state index contributed by atoms with van der Waals surface area (Å²) in [5, 5.41) is 3.70. The largest absolute Gasteiger partial charge is 0.367 e. The van der Waals surface area contributed by atoms with Crippen molar-refractivity contribution in [1.29, 1.82) is 0 Å². The summed E-state index contributed by atoms with van der Waals surface area (Å²) in [7, 11) is 0. The number of nitrogens with two attached hydrogens (primary N) is 1. The lowest BCUT2D eigenvalue weighted by Crippen LogP contribution is -2.21. The normalized spacial score (nSPS) is 16.0. The van der Waals surface area contributed by atoms with E-state index in [4.69, 9.17) is 10.3 Å². The number of nitrogens with zero attached hydrogens (tertiary/aromatic N) is 2. The maximum Gasteiger partial charge on any atom is 0.229 e. The van der Waals surface area contributed by atoms with Crippen LogP contribution in [0.5, 0.6) is 0 Å². The van der Waals surface area contributed by atoms with E-state index in [1.165, 1.54) is 31.5 Å². The molecule has 0 unspecified atom stereocenters. The molecule has 1 saturated heterocycles. The van der Waals surface area contributed by atoms with Crippen LogP contribution in [0.3, 0.4) is 0 Å². The summed E-state index contributed by atoms with van der Waals surface area (Å²) in [4.78, 5) is 2.53. The van der Waals surface area contributed by atoms with Gasteiger partial charge in [-0.1, -0.05) is 29.4 Å². The van der Waals surface area contributed by atoms with Crippen molar-refractivity contribution in [2.75, 3.05) is 25.4 Å². The van der Waals surface area contributed by atoms with Gasteiger partial charge in [-0.3, -0.25) is 0 Å². The van der Waals surface area contributed by atoms with Crippen LogP contribution < -0.4 is 5.73 Å². The minimum Gasteiger partial charge on any atom is -0.367 e. The number of rotatable bonds is 4. The molecule has 4 heteroatoms. The van der Waals surface area contributed by atoms with Gasteiger partial charge in [0.15, 0.2) is 0 Å². The third-order valence-electron chi connectivity index (χ3n) is 3.78. The second-order valence-corrected chi connectivity index (χ2v) is 5.10. The maximum absolute atomic E-state index is 5.72. The van der Waals surface area contributed by atoms with Gasteiger partial charge in [0, 0.05) is 6.54 Å². The lowest BCUT2D eigenvalue weighted by molar-refractivity contribution is 0.343. The summed E-state index contributed by atoms with van der Waals surface area (Å²) in [6.45, 7) is 3.68. The van der Waals surface area contributed by atoms with E-state index in [1.54, 1.807) is 6.20 Å². The molecule has 0 bridgehead atoms. The van der Waals surface area contributed by atoms with Crippen molar-refractivity contribution in [3.8, 4) is 11.1 Å². The Morgan fingerprint density at radius 1 is 1.16 bits per heavy atom. The monoisotopic (exact) mass is 257 g/mol. The van der Waals surface area contributed by atoms with Gasteiger partial charge < -0.3 is 15.2 Å². The van der Waals surface area contributed by atoms with Crippen LogP contribution in [0.2, 0.25) is 0 Å². The Hall–Kier alpha value is -1.81. The quantitative estimate of drug-likeness (QED) is 0.914. The molecular formula is C15H19N3O. The average Bonchev–Trinajstić information content (AvgIpc) is 3.08. The van der Waals surface area contributed by atoms with Gasteiger partial charge in [0.1, 0.15) is 0 Å². The van der Waals surface area contributed by atoms with Gasteiger partial charge in [-0.2, -0.15) is 0 Å². The van der Waals surface area contributed by atoms with Crippen molar-refractivity contribution >= 4 is 5.88 Å². The second-order valence-electron chi connectivity index (χ2n) is 5.10. The fourth-order valence-corrected chi connectivity index (χ4v) is 2.61. The predicted octanol–water partition coefficient (Wildman–Crippen LogP) is 2.56. The first-order valence-corrected chi connectivity index (χ1v) is 6.85. The number of aromatic nitrogens is 1. The minimum absolute atomic E-state index is 0.379. The van der Waals surface area contributed by atoms with E-state index in [1.807, 2.05) is 0 Å². The molecule has 100 valence electrons. The molecule has 1 aliphatic rings. The highest BCUT2D eigenvalue weighted by Crippen LogP contribution is 2.25. The summed E-state index contributed by atoms with van der Waals surface area (Å²) in [6.07, 6.45) is 5.48. The fraction of sp³-hybridized carbons (Fsp3) is 0.400. The van der Waals surface area contributed by atoms with Gasteiger partial charge >= 0.3 is 0 Å². The third-order valence-corrected chi connectivity index (χ3v) is 3.78. The zero-order valence-electron chi connectivity index (χ0n) is 11.0. The first-order valence-electron chi connectivity index (χ1n) is 6.85. The van der Waals surface area contributed by atoms with Crippen LogP contribution in [0.4, 0.5) is 5.88 Å². The summed E-state index contributed by atoms with van der Waals surface area (Å²) < 4.78 is 4.89. The Bertz CT molecular complexity index is 527. The lowest BCUT2D eigenvalue weighted by Gasteiger charge is -2.14. The average molecular weight is 257 g/mol. The highest BCUT2D eigenvalue weighted by molar-refractivity contribution is 5.71. The number of hydrogen-bond donors (Lipinski definition) is 1. The van der Waals surface area contributed by atoms with Crippen molar-refractivity contribution in [3.63, 3.8) is 0 Å². The summed E-state index contributed by atoms with van der Waals surface area (Å²) in [5.41, 5.74) is 9.01. The van der Waals surface area contributed by atoms with Crippen molar-refractivity contribution in [2.24, 2.45) is 0 Å². The Balaban J connectivity index is 1.64. The molecule has 0 spiro atoms. The van der Waals surface area contributed by atoms with Gasteiger partial charge in [0.2, 0.25) is 5.88 Å². The van der Waals surface area contributed by atoms with Gasteiger partial charge in [-0.15, -0.1) is 0 Å². The van der Waals surface area contributed by atoms with Crippen LogP contribution in [0.25, 0.3) is 11.1 Å². The molecule has 0 saturated carbocycles. The molecule has 0 amide bonds. The molecule has 19 heavy (non-hydrogen) atoms. The summed E-state index contributed by atoms with van der Waals surface area (Å²) >= 11 is 0. The van der Waals surface area contributed by atoms with Crippen LogP contribution in [0.1, 0.15) is 18.4 Å². The van der Waals surface area contributed by atoms with Crippen LogP contribution >= 0.6 is 0 Å². The third kappa shape index (κ3) is 2.79. The van der Waals surface area contributed by atoms with Gasteiger partial charge in [0.25, 0.3) is 0 Å². The molecule has 0 radical (unpaired) electrons. The van der Waals surface area contributed by atoms with Gasteiger partial charge in [-0.25, -0.2) is 0 Å². The molecule has 1 fully saturated rings. The summed E-state index contributed by atoms with van der Waals surface area (Å²) in [6, 6.07) is 8.50. The van der Waals surface area contributed by atoms with Crippen LogP contribution in [-0.2, 0) is 6.42 Å². The number of anilines is 1. The number of benzene rings is 1. The van der Waals surface area contributed by atoms with Crippen LogP contribution in [0.15, 0.2) is 35.0 Å². The molecule has 0 atom stereocenters. The molecule has 2 aromatic rings. The van der Waals surface area contributed by atoms with E-state index in [2.05, 4.69) is 34.3 Å². The summed E-state index contributed by atoms with van der Waals surface area (Å²) in [5.74, 6) is 0.379. The number of nitrogen functional groups attached to an aromatic ring is 1. The molecule has 1 aromatic heterocycles. The van der Waals surface area contributed by atoms with Crippen LogP contribution in [-0.4, -0.2) is 29.7 Å². The van der Waals surface area contributed by atoms with E-state index < -0.39 is 0 Å². The Labute approximate surface area is 113 Å². The van der Waals surface area contributed by atoms with Crippen LogP contribution in [0, 0.1) is 0 Å². The first kappa shape index (κ1) is 12.2. The topological polar surface area (TPSA) is 55.3 Å². The minimum atomic E-state index is 0.379. The molecule has 1 aromatic carbocycles. The number of likely N-dealkylation sites (tertiary alicyclic amines) is 1. The van der Waals surface area contributed by atoms with Crippen molar-refractivity contribution < 1.29 is 4.52 Å². The highest BCUT2D eigenvalue weighted by atomic mass is 16.5. The SMILES string of the molecule is Nc1oncc1-c1ccc(CCN2CCCC2)cc1. The Morgan fingerprint density at radius 2 is 1.89 bits per heavy atom. The standard InChI is InChI=1S/C15H19N3O/c16-15-14(11-17-19-15)13-5-3-12(4-6-13)7-10-18-8-1-2-9-18/h3-6,11H,1-2,7-10,16H2. The van der Waals surface area contributed by atoms with Gasteiger partial charge in [-0.05, 0) is 43.5 Å². The smallest absolute Gasteiger partial charge is 0.229 e. The molecular weight excluding hydrogens is 238 g/mol. The predicted molar refractivity (Wildman–Crippen MR) is 75.7 cm³/mol. The van der Waals surface area contributed by atoms with E-state index in [0.717, 1.165) is 24.1 Å². The van der Waals surface area contributed by atoms with Gasteiger partial charge in [0.05, 0.1) is 11.8 Å². The van der Waals surface area contributed by atoms with E-state index >= 15 is 0 Å². The maximum atomic E-state index is 5.72. The number of hydrogen-bond acceptors (Lipinski definition) is 4. The molecule has 0 aliphatic carbocycles. The van der Waals surface area contributed by atoms with Crippen molar-refractivity contribution in [3.05, 3.63) is 36.0 Å². The molecule has 1 aliphatic heterocycles. The zero-order valence-corrected chi connectivity index (χ0v) is 11.0. The van der Waals surface area contributed by atoms with E-state index in [-0.39, 0.29) is 0 Å². The fourth-order valence-electron chi connectivity index (χ4n) is 2.61. The molecule has 3 rings (SSSR count). The molecule has 2 heterocycles. The van der Waals surface area contributed by atoms with Crippen molar-refractivity contribution in [1.82, 2.24) is 10.1 Å². The van der Waals surface area contributed by atoms with E-state index in [9.17, 15) is 0 Å². The zero-order chi connectivity index (χ0) is 13.1. The highest BCUT2D eigenvalue weighted by Gasteiger charge is 2.11. The second kappa shape index (κ2) is 5.45. The van der Waals surface area contributed by atoms with E-state index in [0.29, 0.717) is 5.88 Å². The molecule has 2 N–H and O–H groups in total. The Kier molecular flexibility index (Phi) is 3.51. The van der Waals surface area contributed by atoms with Crippen molar-refractivity contribution in [2.45, 2.75) is 19.3 Å². The Morgan fingerprint density at radius 3 is 2.53 bits per heavy atom. The lowest BCUT2D eigenvalue weighted by atomic mass is 10.0. The first-order chi connectivity index (χ1) is 9.33. The molecule has 4 nitrogen and oxygen atoms in total.